The molecule has 1 heterocycles. The van der Waals surface area contributed by atoms with Crippen LogP contribution in [0.1, 0.15) is 30.4 Å². The van der Waals surface area contributed by atoms with Crippen molar-refractivity contribution >= 4 is 18.3 Å². The van der Waals surface area contributed by atoms with Gasteiger partial charge < -0.3 is 11.1 Å². The molecule has 0 aliphatic heterocycles. The van der Waals surface area contributed by atoms with E-state index in [0.717, 1.165) is 18.5 Å². The molecule has 4 atom stereocenters. The van der Waals surface area contributed by atoms with Crippen molar-refractivity contribution < 1.29 is 4.79 Å². The van der Waals surface area contributed by atoms with Crippen molar-refractivity contribution in [3.63, 3.8) is 0 Å². The lowest BCUT2D eigenvalue weighted by molar-refractivity contribution is -0.127. The lowest BCUT2D eigenvalue weighted by Crippen LogP contribution is -2.45. The molecular weight excluding hydrogens is 336 g/mol. The number of aromatic nitrogens is 2. The number of halogens is 1. The average molecular weight is 361 g/mol. The molecule has 0 radical (unpaired) electrons. The summed E-state index contributed by atoms with van der Waals surface area (Å²) in [6.45, 7) is 1.33. The van der Waals surface area contributed by atoms with Crippen molar-refractivity contribution in [3.8, 4) is 0 Å². The number of nitrogens with zero attached hydrogens (tertiary/aromatic N) is 2. The molecule has 2 aromatic rings. The van der Waals surface area contributed by atoms with E-state index in [1.807, 2.05) is 16.9 Å². The minimum absolute atomic E-state index is 0. The highest BCUT2D eigenvalue weighted by Gasteiger charge is 2.48. The Morgan fingerprint density at radius 3 is 2.56 bits per heavy atom. The van der Waals surface area contributed by atoms with Crippen LogP contribution in [0.2, 0.25) is 0 Å². The average Bonchev–Trinajstić information content (AvgIpc) is 3.31. The molecule has 0 saturated heterocycles. The fourth-order valence-corrected chi connectivity index (χ4v) is 4.38. The van der Waals surface area contributed by atoms with Gasteiger partial charge in [0, 0.05) is 25.0 Å². The molecule has 0 spiro atoms. The van der Waals surface area contributed by atoms with Crippen LogP contribution in [-0.2, 0) is 17.9 Å². The zero-order valence-electron chi connectivity index (χ0n) is 14.2. The fraction of sp³-hybridized carbons (Fsp3) is 0.474. The van der Waals surface area contributed by atoms with Gasteiger partial charge in [-0.05, 0) is 48.3 Å². The van der Waals surface area contributed by atoms with Crippen LogP contribution in [-0.4, -0.2) is 21.7 Å². The van der Waals surface area contributed by atoms with Crippen molar-refractivity contribution in [1.29, 1.82) is 0 Å². The van der Waals surface area contributed by atoms with E-state index in [4.69, 9.17) is 5.73 Å². The summed E-state index contributed by atoms with van der Waals surface area (Å²) in [6.07, 6.45) is 7.24. The first-order chi connectivity index (χ1) is 11.7. The van der Waals surface area contributed by atoms with Gasteiger partial charge in [0.25, 0.3) is 0 Å². The molecule has 1 aromatic heterocycles. The maximum absolute atomic E-state index is 12.5. The topological polar surface area (TPSA) is 72.9 Å². The molecule has 3 N–H and O–H groups in total. The van der Waals surface area contributed by atoms with Crippen molar-refractivity contribution in [3.05, 3.63) is 53.9 Å². The summed E-state index contributed by atoms with van der Waals surface area (Å²) in [4.78, 5) is 12.5. The molecule has 2 aliphatic rings. The molecule has 4 unspecified atom stereocenters. The van der Waals surface area contributed by atoms with Crippen LogP contribution in [0.15, 0.2) is 42.7 Å². The van der Waals surface area contributed by atoms with E-state index in [1.165, 1.54) is 18.4 Å². The number of hydrogen-bond acceptors (Lipinski definition) is 3. The molecule has 2 fully saturated rings. The lowest BCUT2D eigenvalue weighted by Gasteiger charge is -2.27. The molecular formula is C19H25ClN4O. The summed E-state index contributed by atoms with van der Waals surface area (Å²) >= 11 is 0. The number of carbonyl (C=O) groups is 1. The predicted molar refractivity (Wildman–Crippen MR) is 99.2 cm³/mol. The van der Waals surface area contributed by atoms with Crippen LogP contribution in [0.3, 0.4) is 0 Å². The molecule has 2 bridgehead atoms. The van der Waals surface area contributed by atoms with Crippen LogP contribution in [0.25, 0.3) is 0 Å². The normalized spacial score (nSPS) is 27.1. The highest BCUT2D eigenvalue weighted by molar-refractivity contribution is 5.85. The van der Waals surface area contributed by atoms with Gasteiger partial charge in [0.05, 0.1) is 12.5 Å². The molecule has 25 heavy (non-hydrogen) atoms. The Morgan fingerprint density at radius 1 is 1.20 bits per heavy atom. The third kappa shape index (κ3) is 3.72. The van der Waals surface area contributed by atoms with Gasteiger partial charge in [-0.25, -0.2) is 0 Å². The number of fused-ring (bicyclic) bond motifs is 2. The highest BCUT2D eigenvalue weighted by Crippen LogP contribution is 2.47. The number of benzene rings is 1. The second-order valence-corrected chi connectivity index (χ2v) is 7.17. The number of carbonyl (C=O) groups excluding carboxylic acids is 1. The van der Waals surface area contributed by atoms with Crippen LogP contribution in [0.5, 0.6) is 0 Å². The van der Waals surface area contributed by atoms with Gasteiger partial charge in [0.1, 0.15) is 0 Å². The molecule has 5 nitrogen and oxygen atoms in total. The smallest absolute Gasteiger partial charge is 0.225 e. The van der Waals surface area contributed by atoms with Gasteiger partial charge in [-0.3, -0.25) is 9.48 Å². The second-order valence-electron chi connectivity index (χ2n) is 7.17. The summed E-state index contributed by atoms with van der Waals surface area (Å²) in [5.74, 6) is 1.21. The highest BCUT2D eigenvalue weighted by atomic mass is 35.5. The quantitative estimate of drug-likeness (QED) is 0.859. The Hall–Kier alpha value is -1.85. The van der Waals surface area contributed by atoms with E-state index in [-0.39, 0.29) is 30.3 Å². The van der Waals surface area contributed by atoms with E-state index in [9.17, 15) is 4.79 Å². The molecule has 6 heteroatoms. The van der Waals surface area contributed by atoms with Crippen molar-refractivity contribution in [1.82, 2.24) is 15.1 Å². The number of nitrogens with two attached hydrogens (primary N) is 1. The summed E-state index contributed by atoms with van der Waals surface area (Å²) in [5, 5.41) is 7.30. The third-order valence-electron chi connectivity index (χ3n) is 5.68. The lowest BCUT2D eigenvalue weighted by atomic mass is 9.84. The molecule has 1 aromatic carbocycles. The molecule has 1 amide bonds. The monoisotopic (exact) mass is 360 g/mol. The Kier molecular flexibility index (Phi) is 5.45. The van der Waals surface area contributed by atoms with Gasteiger partial charge in [-0.2, -0.15) is 5.10 Å². The summed E-state index contributed by atoms with van der Waals surface area (Å²) < 4.78 is 1.90. The first-order valence-corrected chi connectivity index (χ1v) is 8.79. The van der Waals surface area contributed by atoms with Gasteiger partial charge in [-0.15, -0.1) is 12.4 Å². The molecule has 2 aliphatic carbocycles. The SMILES string of the molecule is Cl.NC1C2CCC(C2)C1C(=O)NCc1ccc(Cn2cccn2)cc1. The van der Waals surface area contributed by atoms with Crippen LogP contribution >= 0.6 is 12.4 Å². The zero-order valence-corrected chi connectivity index (χ0v) is 15.0. The Bertz CT molecular complexity index is 699. The Balaban J connectivity index is 0.00000182. The first-order valence-electron chi connectivity index (χ1n) is 8.79. The maximum Gasteiger partial charge on any atom is 0.225 e. The third-order valence-corrected chi connectivity index (χ3v) is 5.68. The summed E-state index contributed by atoms with van der Waals surface area (Å²) in [5.41, 5.74) is 8.56. The van der Waals surface area contributed by atoms with Gasteiger partial charge in [0.2, 0.25) is 5.91 Å². The molecule has 2 saturated carbocycles. The van der Waals surface area contributed by atoms with E-state index in [0.29, 0.717) is 18.4 Å². The summed E-state index contributed by atoms with van der Waals surface area (Å²) in [7, 11) is 0. The van der Waals surface area contributed by atoms with E-state index in [1.54, 1.807) is 6.20 Å². The minimum atomic E-state index is 0. The first kappa shape index (κ1) is 18.0. The fourth-order valence-electron chi connectivity index (χ4n) is 4.38. The maximum atomic E-state index is 12.5. The van der Waals surface area contributed by atoms with Gasteiger partial charge in [-0.1, -0.05) is 24.3 Å². The van der Waals surface area contributed by atoms with Crippen LogP contribution in [0.4, 0.5) is 0 Å². The van der Waals surface area contributed by atoms with Crippen molar-refractivity contribution in [2.75, 3.05) is 0 Å². The largest absolute Gasteiger partial charge is 0.352 e. The van der Waals surface area contributed by atoms with E-state index in [2.05, 4.69) is 34.7 Å². The minimum Gasteiger partial charge on any atom is -0.352 e. The van der Waals surface area contributed by atoms with Crippen LogP contribution in [0, 0.1) is 17.8 Å². The Morgan fingerprint density at radius 2 is 1.92 bits per heavy atom. The number of rotatable bonds is 5. The van der Waals surface area contributed by atoms with E-state index < -0.39 is 0 Å². The van der Waals surface area contributed by atoms with Gasteiger partial charge in [0.15, 0.2) is 0 Å². The molecule has 134 valence electrons. The van der Waals surface area contributed by atoms with Crippen LogP contribution < -0.4 is 11.1 Å². The summed E-state index contributed by atoms with van der Waals surface area (Å²) in [6, 6.07) is 10.3. The number of amides is 1. The zero-order chi connectivity index (χ0) is 16.5. The van der Waals surface area contributed by atoms with Crippen molar-refractivity contribution in [2.24, 2.45) is 23.5 Å². The second kappa shape index (κ2) is 7.58. The predicted octanol–water partition coefficient (Wildman–Crippen LogP) is 2.34. The molecule has 4 rings (SSSR count). The van der Waals surface area contributed by atoms with E-state index >= 15 is 0 Å². The van der Waals surface area contributed by atoms with Gasteiger partial charge >= 0.3 is 0 Å². The standard InChI is InChI=1S/C19H24N4O.ClH/c20-18-16-7-6-15(10-16)17(18)19(24)21-11-13-2-4-14(5-3-13)12-23-9-1-8-22-23;/h1-5,8-9,15-18H,6-7,10-12,20H2,(H,21,24);1H. The Labute approximate surface area is 154 Å². The number of nitrogens with one attached hydrogen (secondary N) is 1. The van der Waals surface area contributed by atoms with Crippen molar-refractivity contribution in [2.45, 2.75) is 38.4 Å². The number of hydrogen-bond donors (Lipinski definition) is 2.